The van der Waals surface area contributed by atoms with E-state index in [1.807, 2.05) is 6.92 Å². The van der Waals surface area contributed by atoms with E-state index in [4.69, 9.17) is 0 Å². The highest BCUT2D eigenvalue weighted by Crippen LogP contribution is 2.15. The zero-order valence-corrected chi connectivity index (χ0v) is 11.0. The van der Waals surface area contributed by atoms with Crippen LogP contribution >= 0.6 is 12.4 Å². The molecule has 1 unspecified atom stereocenters. The van der Waals surface area contributed by atoms with Crippen LogP contribution in [0.3, 0.4) is 0 Å². The first-order valence-electron chi connectivity index (χ1n) is 5.11. The molecule has 96 valence electrons. The highest BCUT2D eigenvalue weighted by Gasteiger charge is 2.31. The van der Waals surface area contributed by atoms with Crippen molar-refractivity contribution in [2.75, 3.05) is 19.6 Å². The molecule has 0 spiro atoms. The predicted molar refractivity (Wildman–Crippen MR) is 65.5 cm³/mol. The summed E-state index contributed by atoms with van der Waals surface area (Å²) < 4.78 is 25.9. The molecule has 1 aliphatic rings. The lowest BCUT2D eigenvalue weighted by molar-refractivity contribution is 0.283. The van der Waals surface area contributed by atoms with E-state index in [1.165, 1.54) is 22.9 Å². The zero-order valence-electron chi connectivity index (χ0n) is 9.41. The van der Waals surface area contributed by atoms with Crippen molar-refractivity contribution in [3.8, 4) is 0 Å². The predicted octanol–water partition coefficient (Wildman–Crippen LogP) is -0.119. The third-order valence-corrected chi connectivity index (χ3v) is 4.45. The van der Waals surface area contributed by atoms with Crippen LogP contribution in [0.5, 0.6) is 0 Å². The molecule has 0 aliphatic carbocycles. The first-order valence-corrected chi connectivity index (χ1v) is 6.55. The summed E-state index contributed by atoms with van der Waals surface area (Å²) >= 11 is 0. The Morgan fingerprint density at radius 2 is 2.24 bits per heavy atom. The summed E-state index contributed by atoms with van der Waals surface area (Å²) in [7, 11) is -3.49. The molecule has 0 radical (unpaired) electrons. The van der Waals surface area contributed by atoms with E-state index < -0.39 is 10.0 Å². The van der Waals surface area contributed by atoms with Crippen LogP contribution in [0.2, 0.25) is 0 Å². The number of aromatic nitrogens is 2. The summed E-state index contributed by atoms with van der Waals surface area (Å²) in [5, 5.41) is 3.16. The van der Waals surface area contributed by atoms with Gasteiger partial charge in [0, 0.05) is 38.1 Å². The molecule has 1 atom stereocenters. The molecule has 17 heavy (non-hydrogen) atoms. The lowest BCUT2D eigenvalue weighted by Crippen LogP contribution is -2.52. The molecule has 1 fully saturated rings. The van der Waals surface area contributed by atoms with Gasteiger partial charge < -0.3 is 5.32 Å². The molecule has 0 aromatic carbocycles. The van der Waals surface area contributed by atoms with Crippen molar-refractivity contribution in [1.82, 2.24) is 19.6 Å². The van der Waals surface area contributed by atoms with Crippen LogP contribution in [-0.2, 0) is 10.0 Å². The fraction of sp³-hybridized carbons (Fsp3) is 0.556. The number of nitrogens with one attached hydrogen (secondary N) is 1. The largest absolute Gasteiger partial charge is 0.314 e. The fourth-order valence-electron chi connectivity index (χ4n) is 1.72. The van der Waals surface area contributed by atoms with Gasteiger partial charge in [-0.25, -0.2) is 13.4 Å². The third-order valence-electron chi connectivity index (χ3n) is 2.55. The van der Waals surface area contributed by atoms with Gasteiger partial charge in [0.1, 0.15) is 0 Å². The maximum Gasteiger partial charge on any atom is 0.262 e. The number of hydrogen-bond acceptors (Lipinski definition) is 5. The topological polar surface area (TPSA) is 75.2 Å². The molecule has 6 nitrogen and oxygen atoms in total. The van der Waals surface area contributed by atoms with Crippen LogP contribution in [0.1, 0.15) is 6.92 Å². The SMILES string of the molecule is CC1CNCCN1S(=O)(=O)c1cnccn1.Cl. The van der Waals surface area contributed by atoms with Gasteiger partial charge in [-0.3, -0.25) is 4.98 Å². The maximum absolute atomic E-state index is 12.2. The van der Waals surface area contributed by atoms with Crippen LogP contribution in [0.4, 0.5) is 0 Å². The quantitative estimate of drug-likeness (QED) is 0.816. The molecule has 0 saturated carbocycles. The molecule has 1 aromatic rings. The molecule has 2 rings (SSSR count). The molecule has 1 N–H and O–H groups in total. The second-order valence-corrected chi connectivity index (χ2v) is 5.55. The second kappa shape index (κ2) is 5.72. The molecule has 0 bridgehead atoms. The molecular weight excluding hydrogens is 264 g/mol. The molecule has 1 aliphatic heterocycles. The second-order valence-electron chi connectivity index (χ2n) is 3.71. The van der Waals surface area contributed by atoms with Crippen molar-refractivity contribution in [1.29, 1.82) is 0 Å². The normalized spacial score (nSPS) is 21.8. The van der Waals surface area contributed by atoms with Crippen molar-refractivity contribution >= 4 is 22.4 Å². The summed E-state index contributed by atoms with van der Waals surface area (Å²) in [6.45, 7) is 3.68. The van der Waals surface area contributed by atoms with Gasteiger partial charge in [-0.15, -0.1) is 12.4 Å². The molecule has 2 heterocycles. The summed E-state index contributed by atoms with van der Waals surface area (Å²) in [4.78, 5) is 7.63. The van der Waals surface area contributed by atoms with E-state index >= 15 is 0 Å². The maximum atomic E-state index is 12.2. The van der Waals surface area contributed by atoms with Gasteiger partial charge in [0.15, 0.2) is 5.03 Å². The number of sulfonamides is 1. The van der Waals surface area contributed by atoms with Gasteiger partial charge >= 0.3 is 0 Å². The Labute approximate surface area is 107 Å². The Bertz CT molecular complexity index is 453. The summed E-state index contributed by atoms with van der Waals surface area (Å²) in [6.07, 6.45) is 4.13. The van der Waals surface area contributed by atoms with Crippen LogP contribution in [0, 0.1) is 0 Å². The smallest absolute Gasteiger partial charge is 0.262 e. The van der Waals surface area contributed by atoms with Crippen LogP contribution < -0.4 is 5.32 Å². The van der Waals surface area contributed by atoms with Gasteiger partial charge in [-0.1, -0.05) is 0 Å². The molecule has 1 aromatic heterocycles. The van der Waals surface area contributed by atoms with Gasteiger partial charge in [-0.05, 0) is 6.92 Å². The Balaban J connectivity index is 0.00000144. The summed E-state index contributed by atoms with van der Waals surface area (Å²) in [5.74, 6) is 0. The van der Waals surface area contributed by atoms with E-state index in [-0.39, 0.29) is 23.5 Å². The lowest BCUT2D eigenvalue weighted by Gasteiger charge is -2.32. The average molecular weight is 279 g/mol. The van der Waals surface area contributed by atoms with Crippen molar-refractivity contribution < 1.29 is 8.42 Å². The first-order chi connectivity index (χ1) is 7.62. The minimum Gasteiger partial charge on any atom is -0.314 e. The Morgan fingerprint density at radius 1 is 1.47 bits per heavy atom. The third kappa shape index (κ3) is 2.92. The number of hydrogen-bond donors (Lipinski definition) is 1. The Hall–Kier alpha value is -0.760. The van der Waals surface area contributed by atoms with E-state index in [0.717, 1.165) is 0 Å². The number of piperazine rings is 1. The van der Waals surface area contributed by atoms with Crippen LogP contribution in [0.15, 0.2) is 23.6 Å². The van der Waals surface area contributed by atoms with Crippen LogP contribution in [-0.4, -0.2) is 48.4 Å². The Kier molecular flexibility index (Phi) is 4.81. The minimum atomic E-state index is -3.49. The standard InChI is InChI=1S/C9H14N4O2S.ClH/c1-8-6-11-4-5-13(8)16(14,15)9-7-10-2-3-12-9;/h2-3,7-8,11H,4-6H2,1H3;1H. The lowest BCUT2D eigenvalue weighted by atomic mass is 10.3. The number of halogens is 1. The van der Waals surface area contributed by atoms with Crippen molar-refractivity contribution in [3.63, 3.8) is 0 Å². The molecule has 1 saturated heterocycles. The van der Waals surface area contributed by atoms with Crippen molar-refractivity contribution in [3.05, 3.63) is 18.6 Å². The van der Waals surface area contributed by atoms with E-state index in [1.54, 1.807) is 0 Å². The van der Waals surface area contributed by atoms with E-state index in [2.05, 4.69) is 15.3 Å². The van der Waals surface area contributed by atoms with Crippen molar-refractivity contribution in [2.24, 2.45) is 0 Å². The van der Waals surface area contributed by atoms with Crippen molar-refractivity contribution in [2.45, 2.75) is 18.0 Å². The van der Waals surface area contributed by atoms with E-state index in [9.17, 15) is 8.42 Å². The highest BCUT2D eigenvalue weighted by atomic mass is 35.5. The van der Waals surface area contributed by atoms with E-state index in [0.29, 0.717) is 19.6 Å². The average Bonchev–Trinajstić information content (AvgIpc) is 2.30. The Morgan fingerprint density at radius 3 is 2.82 bits per heavy atom. The van der Waals surface area contributed by atoms with Gasteiger partial charge in [0.05, 0.1) is 6.20 Å². The van der Waals surface area contributed by atoms with Crippen LogP contribution in [0.25, 0.3) is 0 Å². The first kappa shape index (κ1) is 14.3. The fourth-order valence-corrected chi connectivity index (χ4v) is 3.23. The molecule has 0 amide bonds. The number of rotatable bonds is 2. The summed E-state index contributed by atoms with van der Waals surface area (Å²) in [5.41, 5.74) is 0. The van der Waals surface area contributed by atoms with Gasteiger partial charge in [-0.2, -0.15) is 4.31 Å². The monoisotopic (exact) mass is 278 g/mol. The summed E-state index contributed by atoms with van der Waals surface area (Å²) in [6, 6.07) is -0.0549. The highest BCUT2D eigenvalue weighted by molar-refractivity contribution is 7.89. The zero-order chi connectivity index (χ0) is 11.6. The molecule has 8 heteroatoms. The van der Waals surface area contributed by atoms with Gasteiger partial charge in [0.25, 0.3) is 10.0 Å². The molecular formula is C9H15ClN4O2S. The number of nitrogens with zero attached hydrogens (tertiary/aromatic N) is 3. The minimum absolute atomic E-state index is 0. The van der Waals surface area contributed by atoms with Gasteiger partial charge in [0.2, 0.25) is 0 Å².